The third-order valence-corrected chi connectivity index (χ3v) is 2.89. The lowest BCUT2D eigenvalue weighted by Crippen LogP contribution is -2.42. The first-order valence-corrected chi connectivity index (χ1v) is 6.54. The minimum absolute atomic E-state index is 0.0178. The van der Waals surface area contributed by atoms with Crippen molar-refractivity contribution in [3.8, 4) is 6.07 Å². The van der Waals surface area contributed by atoms with E-state index in [1.807, 2.05) is 6.07 Å². The molecule has 0 saturated heterocycles. The standard InChI is InChI=1S/C13H16ClFN4O2/c1-13(2,21)10(15)7-19-12(20)8-6-18-11(14)5-9(8)17-4-3-16/h5-6,10,21H,4,7H2,1-2H3,(H,17,18)(H,19,20). The lowest BCUT2D eigenvalue weighted by atomic mass is 10.0. The van der Waals surface area contributed by atoms with Crippen LogP contribution in [0.25, 0.3) is 0 Å². The van der Waals surface area contributed by atoms with Gasteiger partial charge in [0.05, 0.1) is 29.5 Å². The molecule has 6 nitrogen and oxygen atoms in total. The van der Waals surface area contributed by atoms with Gasteiger partial charge in [0.2, 0.25) is 0 Å². The van der Waals surface area contributed by atoms with Crippen LogP contribution in [0.2, 0.25) is 5.15 Å². The minimum atomic E-state index is -1.61. The van der Waals surface area contributed by atoms with E-state index in [-0.39, 0.29) is 23.8 Å². The fraction of sp³-hybridized carbons (Fsp3) is 0.462. The molecule has 114 valence electrons. The highest BCUT2D eigenvalue weighted by atomic mass is 35.5. The molecule has 0 aliphatic rings. The summed E-state index contributed by atoms with van der Waals surface area (Å²) in [6, 6.07) is 3.27. The molecule has 0 fully saturated rings. The monoisotopic (exact) mass is 314 g/mol. The molecule has 1 aromatic heterocycles. The van der Waals surface area contributed by atoms with E-state index in [1.165, 1.54) is 26.1 Å². The normalized spacial score (nSPS) is 12.4. The molecule has 1 amide bonds. The van der Waals surface area contributed by atoms with Crippen LogP contribution in [0.15, 0.2) is 12.3 Å². The Morgan fingerprint density at radius 2 is 2.33 bits per heavy atom. The first-order chi connectivity index (χ1) is 9.75. The van der Waals surface area contributed by atoms with Crippen molar-refractivity contribution in [2.24, 2.45) is 0 Å². The summed E-state index contributed by atoms with van der Waals surface area (Å²) in [7, 11) is 0. The molecule has 8 heteroatoms. The molecular weight excluding hydrogens is 299 g/mol. The van der Waals surface area contributed by atoms with Gasteiger partial charge in [-0.3, -0.25) is 4.79 Å². The van der Waals surface area contributed by atoms with Crippen molar-refractivity contribution in [3.63, 3.8) is 0 Å². The van der Waals surface area contributed by atoms with Gasteiger partial charge in [-0.15, -0.1) is 0 Å². The molecule has 0 saturated carbocycles. The Hall–Kier alpha value is -1.91. The largest absolute Gasteiger partial charge is 0.387 e. The van der Waals surface area contributed by atoms with Crippen molar-refractivity contribution in [1.29, 1.82) is 5.26 Å². The Bertz CT molecular complexity index is 554. The van der Waals surface area contributed by atoms with Gasteiger partial charge in [0.15, 0.2) is 0 Å². The van der Waals surface area contributed by atoms with Gasteiger partial charge in [0.25, 0.3) is 5.91 Å². The smallest absolute Gasteiger partial charge is 0.255 e. The zero-order valence-corrected chi connectivity index (χ0v) is 12.4. The molecule has 21 heavy (non-hydrogen) atoms. The second-order valence-corrected chi connectivity index (χ2v) is 5.28. The number of rotatable bonds is 6. The number of carbonyl (C=O) groups is 1. The Morgan fingerprint density at radius 1 is 1.67 bits per heavy atom. The van der Waals surface area contributed by atoms with Crippen LogP contribution in [-0.4, -0.2) is 40.9 Å². The van der Waals surface area contributed by atoms with Crippen LogP contribution in [-0.2, 0) is 0 Å². The average molecular weight is 315 g/mol. The molecule has 3 N–H and O–H groups in total. The first-order valence-electron chi connectivity index (χ1n) is 6.16. The highest BCUT2D eigenvalue weighted by molar-refractivity contribution is 6.29. The molecule has 0 aromatic carbocycles. The van der Waals surface area contributed by atoms with E-state index in [0.29, 0.717) is 5.69 Å². The number of halogens is 2. The van der Waals surface area contributed by atoms with Crippen LogP contribution in [0, 0.1) is 11.3 Å². The van der Waals surface area contributed by atoms with E-state index < -0.39 is 17.7 Å². The SMILES string of the molecule is CC(C)(O)C(F)CNC(=O)c1cnc(Cl)cc1NCC#N. The fourth-order valence-electron chi connectivity index (χ4n) is 1.42. The number of aromatic nitrogens is 1. The lowest BCUT2D eigenvalue weighted by Gasteiger charge is -2.22. The van der Waals surface area contributed by atoms with Crippen LogP contribution in [0.4, 0.5) is 10.1 Å². The van der Waals surface area contributed by atoms with E-state index in [9.17, 15) is 14.3 Å². The minimum Gasteiger partial charge on any atom is -0.387 e. The van der Waals surface area contributed by atoms with E-state index >= 15 is 0 Å². The number of carbonyl (C=O) groups excluding carboxylic acids is 1. The molecule has 1 aromatic rings. The number of nitrogens with zero attached hydrogens (tertiary/aromatic N) is 2. The van der Waals surface area contributed by atoms with E-state index in [2.05, 4.69) is 15.6 Å². The maximum absolute atomic E-state index is 13.6. The van der Waals surface area contributed by atoms with Crippen molar-refractivity contribution >= 4 is 23.2 Å². The summed E-state index contributed by atoms with van der Waals surface area (Å²) in [4.78, 5) is 15.8. The number of anilines is 1. The highest BCUT2D eigenvalue weighted by Crippen LogP contribution is 2.19. The summed E-state index contributed by atoms with van der Waals surface area (Å²) in [5.74, 6) is -0.577. The molecule has 0 spiro atoms. The third-order valence-electron chi connectivity index (χ3n) is 2.68. The maximum Gasteiger partial charge on any atom is 0.255 e. The van der Waals surface area contributed by atoms with Crippen LogP contribution in [0.5, 0.6) is 0 Å². The summed E-state index contributed by atoms with van der Waals surface area (Å²) in [6.45, 7) is 2.26. The van der Waals surface area contributed by atoms with Crippen molar-refractivity contribution < 1.29 is 14.3 Å². The number of amides is 1. The summed E-state index contributed by atoms with van der Waals surface area (Å²) in [5, 5.41) is 23.3. The molecule has 0 aliphatic carbocycles. The van der Waals surface area contributed by atoms with Gasteiger partial charge in [-0.25, -0.2) is 9.37 Å². The topological polar surface area (TPSA) is 98.0 Å². The summed E-state index contributed by atoms with van der Waals surface area (Å²) >= 11 is 5.73. The number of alkyl halides is 1. The first kappa shape index (κ1) is 17.1. The highest BCUT2D eigenvalue weighted by Gasteiger charge is 2.27. The predicted octanol–water partition coefficient (Wildman–Crippen LogP) is 1.51. The summed E-state index contributed by atoms with van der Waals surface area (Å²) in [6.07, 6.45) is -0.383. The van der Waals surface area contributed by atoms with Gasteiger partial charge in [-0.2, -0.15) is 5.26 Å². The second kappa shape index (κ2) is 7.20. The quantitative estimate of drug-likeness (QED) is 0.546. The zero-order chi connectivity index (χ0) is 16.0. The zero-order valence-electron chi connectivity index (χ0n) is 11.7. The van der Waals surface area contributed by atoms with Crippen LogP contribution < -0.4 is 10.6 Å². The number of hydrogen-bond donors (Lipinski definition) is 3. The molecule has 1 unspecified atom stereocenters. The lowest BCUT2D eigenvalue weighted by molar-refractivity contribution is -0.00177. The number of pyridine rings is 1. The third kappa shape index (κ3) is 5.17. The van der Waals surface area contributed by atoms with Crippen LogP contribution in [0.3, 0.4) is 0 Å². The Balaban J connectivity index is 2.80. The molecule has 1 rings (SSSR count). The predicted molar refractivity (Wildman–Crippen MR) is 76.9 cm³/mol. The van der Waals surface area contributed by atoms with Gasteiger partial charge in [0.1, 0.15) is 17.9 Å². The number of nitrogens with one attached hydrogen (secondary N) is 2. The fourth-order valence-corrected chi connectivity index (χ4v) is 1.58. The Morgan fingerprint density at radius 3 is 2.90 bits per heavy atom. The van der Waals surface area contributed by atoms with E-state index in [0.717, 1.165) is 0 Å². The molecular formula is C13H16ClFN4O2. The van der Waals surface area contributed by atoms with Gasteiger partial charge < -0.3 is 15.7 Å². The van der Waals surface area contributed by atoms with Gasteiger partial charge in [-0.05, 0) is 19.9 Å². The Kier molecular flexibility index (Phi) is 5.88. The number of nitriles is 1. The van der Waals surface area contributed by atoms with E-state index in [1.54, 1.807) is 0 Å². The molecule has 0 radical (unpaired) electrons. The van der Waals surface area contributed by atoms with Crippen molar-refractivity contribution in [3.05, 3.63) is 23.0 Å². The molecule has 0 bridgehead atoms. The van der Waals surface area contributed by atoms with Gasteiger partial charge >= 0.3 is 0 Å². The Labute approximate surface area is 126 Å². The van der Waals surface area contributed by atoms with Gasteiger partial charge in [0, 0.05) is 6.20 Å². The summed E-state index contributed by atoms with van der Waals surface area (Å²) in [5.41, 5.74) is -1.08. The average Bonchev–Trinajstić information content (AvgIpc) is 2.41. The van der Waals surface area contributed by atoms with Gasteiger partial charge in [-0.1, -0.05) is 11.6 Å². The van der Waals surface area contributed by atoms with Crippen molar-refractivity contribution in [1.82, 2.24) is 10.3 Å². The van der Waals surface area contributed by atoms with Crippen molar-refractivity contribution in [2.45, 2.75) is 25.6 Å². The molecule has 1 heterocycles. The number of aliphatic hydroxyl groups is 1. The summed E-state index contributed by atoms with van der Waals surface area (Å²) < 4.78 is 13.6. The molecule has 1 atom stereocenters. The van der Waals surface area contributed by atoms with Crippen molar-refractivity contribution in [2.75, 3.05) is 18.4 Å². The maximum atomic E-state index is 13.6. The second-order valence-electron chi connectivity index (χ2n) is 4.90. The van der Waals surface area contributed by atoms with Crippen LogP contribution in [0.1, 0.15) is 24.2 Å². The molecule has 0 aliphatic heterocycles. The van der Waals surface area contributed by atoms with E-state index in [4.69, 9.17) is 16.9 Å². The number of hydrogen-bond acceptors (Lipinski definition) is 5. The van der Waals surface area contributed by atoms with Crippen LogP contribution >= 0.6 is 11.6 Å².